The molecule has 0 bridgehead atoms. The smallest absolute Gasteiger partial charge is 0.278 e. The molecule has 4 aromatic rings. The van der Waals surface area contributed by atoms with Crippen molar-refractivity contribution in [2.45, 2.75) is 31.6 Å². The van der Waals surface area contributed by atoms with Gasteiger partial charge in [0.25, 0.3) is 5.56 Å². The van der Waals surface area contributed by atoms with Crippen LogP contribution in [-0.4, -0.2) is 32.9 Å². The lowest BCUT2D eigenvalue weighted by Crippen LogP contribution is -2.27. The number of methoxy groups -OCH3 is 1. The Morgan fingerprint density at radius 2 is 2.16 bits per heavy atom. The Hall–Kier alpha value is -3.20. The number of carbonyl (C=O) groups is 1. The quantitative estimate of drug-likeness (QED) is 0.334. The van der Waals surface area contributed by atoms with Crippen molar-refractivity contribution >= 4 is 39.6 Å². The van der Waals surface area contributed by atoms with Gasteiger partial charge in [-0.25, -0.2) is 4.98 Å². The lowest BCUT2D eigenvalue weighted by atomic mass is 10.2. The molecule has 0 aliphatic heterocycles. The molecule has 0 unspecified atom stereocenters. The van der Waals surface area contributed by atoms with Gasteiger partial charge in [0.1, 0.15) is 22.5 Å². The first-order chi connectivity index (χ1) is 15.0. The fourth-order valence-corrected chi connectivity index (χ4v) is 4.42. The number of amides is 1. The Morgan fingerprint density at radius 1 is 1.32 bits per heavy atom. The predicted octanol–water partition coefficient (Wildman–Crippen LogP) is 3.31. The summed E-state index contributed by atoms with van der Waals surface area (Å²) >= 11 is 1.26. The first-order valence-corrected chi connectivity index (χ1v) is 11.0. The summed E-state index contributed by atoms with van der Waals surface area (Å²) in [5.74, 6) is 1.38. The summed E-state index contributed by atoms with van der Waals surface area (Å²) in [6.07, 6.45) is 2.35. The number of thioether (sulfide) groups is 1. The second-order valence-corrected chi connectivity index (χ2v) is 8.08. The number of benzene rings is 1. The standard InChI is InChI=1S/C22H24N4O4S/c1-4-9-26-21(28)20-19(16-11-14(29-3)7-8-17(16)25(20)2)24-22(26)31-13-18(27)23-12-15-6-5-10-30-15/h5-8,10-11H,4,9,12-13H2,1-3H3,(H,23,27). The molecule has 31 heavy (non-hydrogen) atoms. The number of hydrogen-bond donors (Lipinski definition) is 1. The van der Waals surface area contributed by atoms with Crippen LogP contribution in [0.25, 0.3) is 21.9 Å². The van der Waals surface area contributed by atoms with Crippen LogP contribution in [0.2, 0.25) is 0 Å². The van der Waals surface area contributed by atoms with Crippen molar-refractivity contribution in [2.75, 3.05) is 12.9 Å². The van der Waals surface area contributed by atoms with E-state index in [1.54, 1.807) is 30.1 Å². The lowest BCUT2D eigenvalue weighted by Gasteiger charge is -2.11. The van der Waals surface area contributed by atoms with Gasteiger partial charge in [0.2, 0.25) is 5.91 Å². The summed E-state index contributed by atoms with van der Waals surface area (Å²) < 4.78 is 14.1. The molecule has 0 saturated carbocycles. The van der Waals surface area contributed by atoms with E-state index in [1.807, 2.05) is 36.7 Å². The minimum atomic E-state index is -0.154. The van der Waals surface area contributed by atoms with Gasteiger partial charge in [-0.2, -0.15) is 0 Å². The molecule has 162 valence electrons. The zero-order valence-electron chi connectivity index (χ0n) is 17.7. The first kappa shape index (κ1) is 21.0. The number of nitrogens with one attached hydrogen (secondary N) is 1. The normalized spacial score (nSPS) is 11.3. The van der Waals surface area contributed by atoms with Crippen LogP contribution in [-0.2, 0) is 24.9 Å². The molecule has 0 aliphatic carbocycles. The van der Waals surface area contributed by atoms with Crippen molar-refractivity contribution in [1.82, 2.24) is 19.4 Å². The van der Waals surface area contributed by atoms with Crippen molar-refractivity contribution < 1.29 is 13.9 Å². The number of aromatic nitrogens is 3. The van der Waals surface area contributed by atoms with E-state index in [1.165, 1.54) is 11.8 Å². The van der Waals surface area contributed by atoms with Crippen LogP contribution in [0.1, 0.15) is 19.1 Å². The summed E-state index contributed by atoms with van der Waals surface area (Å²) in [4.78, 5) is 30.5. The van der Waals surface area contributed by atoms with Crippen molar-refractivity contribution in [2.24, 2.45) is 7.05 Å². The highest BCUT2D eigenvalue weighted by atomic mass is 32.2. The molecule has 0 saturated heterocycles. The van der Waals surface area contributed by atoms with Crippen LogP contribution < -0.4 is 15.6 Å². The van der Waals surface area contributed by atoms with Gasteiger partial charge in [-0.15, -0.1) is 0 Å². The Bertz CT molecular complexity index is 1290. The third kappa shape index (κ3) is 4.05. The van der Waals surface area contributed by atoms with E-state index in [4.69, 9.17) is 14.1 Å². The van der Waals surface area contributed by atoms with Gasteiger partial charge in [0.15, 0.2) is 5.16 Å². The monoisotopic (exact) mass is 440 g/mol. The third-order valence-electron chi connectivity index (χ3n) is 5.09. The summed E-state index contributed by atoms with van der Waals surface area (Å²) in [6, 6.07) is 9.26. The Labute approximate surface area is 183 Å². The minimum absolute atomic E-state index is 0.108. The van der Waals surface area contributed by atoms with E-state index in [0.29, 0.717) is 40.8 Å². The number of hydrogen-bond acceptors (Lipinski definition) is 6. The SMILES string of the molecule is CCCn1c(SCC(=O)NCc2ccco2)nc2c3cc(OC)ccc3n(C)c2c1=O. The largest absolute Gasteiger partial charge is 0.497 e. The van der Waals surface area contributed by atoms with Crippen molar-refractivity contribution in [1.29, 1.82) is 0 Å². The molecular formula is C22H24N4O4S. The van der Waals surface area contributed by atoms with Gasteiger partial charge in [-0.05, 0) is 36.8 Å². The maximum absolute atomic E-state index is 13.4. The molecule has 1 N–H and O–H groups in total. The van der Waals surface area contributed by atoms with E-state index in [2.05, 4.69) is 5.32 Å². The Morgan fingerprint density at radius 3 is 2.87 bits per heavy atom. The van der Waals surface area contributed by atoms with Gasteiger partial charge in [0.05, 0.1) is 31.2 Å². The van der Waals surface area contributed by atoms with Gasteiger partial charge in [-0.3, -0.25) is 14.2 Å². The molecular weight excluding hydrogens is 416 g/mol. The summed E-state index contributed by atoms with van der Waals surface area (Å²) in [5, 5.41) is 4.20. The van der Waals surface area contributed by atoms with Crippen LogP contribution in [0, 0.1) is 0 Å². The fourth-order valence-electron chi connectivity index (χ4n) is 3.57. The Balaban J connectivity index is 1.69. The summed E-state index contributed by atoms with van der Waals surface area (Å²) in [5.41, 5.74) is 1.96. The molecule has 0 fully saturated rings. The van der Waals surface area contributed by atoms with E-state index in [9.17, 15) is 9.59 Å². The van der Waals surface area contributed by atoms with Gasteiger partial charge in [-0.1, -0.05) is 18.7 Å². The molecule has 3 aromatic heterocycles. The lowest BCUT2D eigenvalue weighted by molar-refractivity contribution is -0.118. The molecule has 1 amide bonds. The van der Waals surface area contributed by atoms with Crippen molar-refractivity contribution in [3.8, 4) is 5.75 Å². The molecule has 1 aromatic carbocycles. The van der Waals surface area contributed by atoms with Crippen LogP contribution >= 0.6 is 11.8 Å². The van der Waals surface area contributed by atoms with Gasteiger partial charge >= 0.3 is 0 Å². The average molecular weight is 441 g/mol. The molecule has 9 heteroatoms. The summed E-state index contributed by atoms with van der Waals surface area (Å²) in [6.45, 7) is 2.86. The van der Waals surface area contributed by atoms with Crippen LogP contribution in [0.4, 0.5) is 0 Å². The topological polar surface area (TPSA) is 91.3 Å². The molecule has 0 aliphatic rings. The van der Waals surface area contributed by atoms with E-state index in [-0.39, 0.29) is 17.2 Å². The zero-order valence-corrected chi connectivity index (χ0v) is 18.5. The minimum Gasteiger partial charge on any atom is -0.497 e. The maximum Gasteiger partial charge on any atom is 0.278 e. The molecule has 0 atom stereocenters. The maximum atomic E-state index is 13.4. The van der Waals surface area contributed by atoms with E-state index in [0.717, 1.165) is 17.3 Å². The van der Waals surface area contributed by atoms with Crippen molar-refractivity contribution in [3.63, 3.8) is 0 Å². The highest BCUT2D eigenvalue weighted by molar-refractivity contribution is 7.99. The number of carbonyl (C=O) groups excluding carboxylic acids is 1. The number of nitrogens with zero attached hydrogens (tertiary/aromatic N) is 3. The number of furan rings is 1. The molecule has 0 radical (unpaired) electrons. The average Bonchev–Trinajstić information content (AvgIpc) is 3.39. The predicted molar refractivity (Wildman–Crippen MR) is 121 cm³/mol. The Kier molecular flexibility index (Phi) is 6.03. The van der Waals surface area contributed by atoms with Crippen LogP contribution in [0.3, 0.4) is 0 Å². The highest BCUT2D eigenvalue weighted by Gasteiger charge is 2.19. The van der Waals surface area contributed by atoms with E-state index >= 15 is 0 Å². The zero-order chi connectivity index (χ0) is 22.0. The second-order valence-electron chi connectivity index (χ2n) is 7.14. The second kappa shape index (κ2) is 8.89. The third-order valence-corrected chi connectivity index (χ3v) is 6.06. The van der Waals surface area contributed by atoms with E-state index < -0.39 is 0 Å². The summed E-state index contributed by atoms with van der Waals surface area (Å²) in [7, 11) is 3.47. The molecule has 3 heterocycles. The van der Waals surface area contributed by atoms with Gasteiger partial charge < -0.3 is 19.0 Å². The van der Waals surface area contributed by atoms with Crippen LogP contribution in [0.5, 0.6) is 5.75 Å². The first-order valence-electron chi connectivity index (χ1n) is 10.0. The van der Waals surface area contributed by atoms with Gasteiger partial charge in [0, 0.05) is 19.0 Å². The molecule has 4 rings (SSSR count). The number of rotatable bonds is 8. The number of aryl methyl sites for hydroxylation is 1. The fraction of sp³-hybridized carbons (Fsp3) is 0.318. The van der Waals surface area contributed by atoms with Crippen molar-refractivity contribution in [3.05, 3.63) is 52.7 Å². The highest BCUT2D eigenvalue weighted by Crippen LogP contribution is 2.30. The number of ether oxygens (including phenoxy) is 1. The molecule has 0 spiro atoms. The molecule has 8 nitrogen and oxygen atoms in total. The number of fused-ring (bicyclic) bond motifs is 3. The van der Waals surface area contributed by atoms with Crippen LogP contribution in [0.15, 0.2) is 51.0 Å².